The Morgan fingerprint density at radius 1 is 1.36 bits per heavy atom. The highest BCUT2D eigenvalue weighted by Crippen LogP contribution is 2.30. The predicted octanol–water partition coefficient (Wildman–Crippen LogP) is 3.02. The van der Waals surface area contributed by atoms with Crippen LogP contribution in [-0.2, 0) is 17.8 Å². The van der Waals surface area contributed by atoms with E-state index < -0.39 is 5.60 Å². The number of hydrogen-bond donors (Lipinski definition) is 1. The van der Waals surface area contributed by atoms with Crippen molar-refractivity contribution in [3.63, 3.8) is 0 Å². The summed E-state index contributed by atoms with van der Waals surface area (Å²) in [6.07, 6.45) is -0.310. The van der Waals surface area contributed by atoms with Crippen LogP contribution in [0.3, 0.4) is 0 Å². The number of ether oxygens (including phenoxy) is 1. The average molecular weight is 323 g/mol. The van der Waals surface area contributed by atoms with Crippen LogP contribution in [-0.4, -0.2) is 32.9 Å². The number of nitrogens with two attached hydrogens (primary N) is 1. The van der Waals surface area contributed by atoms with Crippen molar-refractivity contribution in [2.24, 2.45) is 0 Å². The summed E-state index contributed by atoms with van der Waals surface area (Å²) in [5.41, 5.74) is 7.64. The molecule has 7 heteroatoms. The Morgan fingerprint density at radius 2 is 2.09 bits per heavy atom. The molecular weight excluding hydrogens is 304 g/mol. The Kier molecular flexibility index (Phi) is 3.44. The van der Waals surface area contributed by atoms with E-state index in [1.807, 2.05) is 31.5 Å². The lowest BCUT2D eigenvalue weighted by atomic mass is 10.1. The fourth-order valence-corrected chi connectivity index (χ4v) is 2.69. The molecule has 2 aromatic rings. The van der Waals surface area contributed by atoms with Gasteiger partial charge in [-0.15, -0.1) is 0 Å². The van der Waals surface area contributed by atoms with E-state index in [2.05, 4.69) is 5.10 Å². The molecule has 0 fully saturated rings. The van der Waals surface area contributed by atoms with E-state index in [1.54, 1.807) is 11.0 Å². The Morgan fingerprint density at radius 3 is 2.77 bits per heavy atom. The largest absolute Gasteiger partial charge is 0.444 e. The smallest absolute Gasteiger partial charge is 0.410 e. The first-order chi connectivity index (χ1) is 10.2. The van der Waals surface area contributed by atoms with E-state index in [0.717, 1.165) is 16.6 Å². The van der Waals surface area contributed by atoms with Crippen LogP contribution in [0.2, 0.25) is 5.02 Å². The number of amides is 1. The standard InChI is InChI=1S/C15H19ClN4O2/c1-15(2,3)22-14(21)19-4-5-20-13(8-19)9-6-11(17)10(16)7-12(9)18-20/h6-7H,4-5,8,17H2,1-3H3. The predicted molar refractivity (Wildman–Crippen MR) is 85.8 cm³/mol. The van der Waals surface area contributed by atoms with Crippen molar-refractivity contribution in [2.45, 2.75) is 39.5 Å². The lowest BCUT2D eigenvalue weighted by Crippen LogP contribution is -2.41. The molecule has 0 aliphatic carbocycles. The molecule has 1 aromatic carbocycles. The Bertz CT molecular complexity index is 748. The van der Waals surface area contributed by atoms with Crippen molar-refractivity contribution in [1.29, 1.82) is 0 Å². The SMILES string of the molecule is CC(C)(C)OC(=O)N1CCn2nc3cc(Cl)c(N)cc3c2C1. The van der Waals surface area contributed by atoms with Gasteiger partial charge in [0.15, 0.2) is 0 Å². The second-order valence-electron chi connectivity index (χ2n) is 6.46. The Balaban J connectivity index is 1.92. The fourth-order valence-electron chi connectivity index (χ4n) is 2.53. The van der Waals surface area contributed by atoms with Crippen molar-refractivity contribution in [3.05, 3.63) is 22.8 Å². The molecule has 0 saturated heterocycles. The summed E-state index contributed by atoms with van der Waals surface area (Å²) >= 11 is 6.04. The minimum atomic E-state index is -0.505. The molecule has 118 valence electrons. The molecule has 0 radical (unpaired) electrons. The van der Waals surface area contributed by atoms with Gasteiger partial charge in [-0.2, -0.15) is 5.10 Å². The third-order valence-corrected chi connectivity index (χ3v) is 3.87. The zero-order valence-electron chi connectivity index (χ0n) is 12.9. The number of nitrogens with zero attached hydrogens (tertiary/aromatic N) is 3. The first-order valence-corrected chi connectivity index (χ1v) is 7.55. The zero-order valence-corrected chi connectivity index (χ0v) is 13.6. The van der Waals surface area contributed by atoms with Crippen molar-refractivity contribution in [2.75, 3.05) is 12.3 Å². The number of nitrogen functional groups attached to an aromatic ring is 1. The molecule has 0 spiro atoms. The first-order valence-electron chi connectivity index (χ1n) is 7.17. The van der Waals surface area contributed by atoms with Gasteiger partial charge in [0.05, 0.1) is 35.0 Å². The van der Waals surface area contributed by atoms with Crippen LogP contribution in [0, 0.1) is 0 Å². The molecule has 0 bridgehead atoms. The van der Waals surface area contributed by atoms with Crippen LogP contribution in [0.5, 0.6) is 0 Å². The molecule has 2 N–H and O–H groups in total. The van der Waals surface area contributed by atoms with Crippen LogP contribution >= 0.6 is 11.6 Å². The Hall–Kier alpha value is -1.95. The lowest BCUT2D eigenvalue weighted by molar-refractivity contribution is 0.0196. The summed E-state index contributed by atoms with van der Waals surface area (Å²) in [5, 5.41) is 5.94. The number of halogens is 1. The third kappa shape index (κ3) is 2.70. The van der Waals surface area contributed by atoms with E-state index in [0.29, 0.717) is 30.3 Å². The fraction of sp³-hybridized carbons (Fsp3) is 0.467. The number of carbonyl (C=O) groups is 1. The summed E-state index contributed by atoms with van der Waals surface area (Å²) in [5.74, 6) is 0. The highest BCUT2D eigenvalue weighted by atomic mass is 35.5. The summed E-state index contributed by atoms with van der Waals surface area (Å²) < 4.78 is 7.34. The van der Waals surface area contributed by atoms with Gasteiger partial charge in [-0.25, -0.2) is 4.79 Å². The molecule has 22 heavy (non-hydrogen) atoms. The van der Waals surface area contributed by atoms with Gasteiger partial charge in [0.1, 0.15) is 5.60 Å². The maximum absolute atomic E-state index is 12.2. The van der Waals surface area contributed by atoms with Gasteiger partial charge in [0.2, 0.25) is 0 Å². The molecular formula is C15H19ClN4O2. The van der Waals surface area contributed by atoms with E-state index in [1.165, 1.54) is 0 Å². The van der Waals surface area contributed by atoms with Crippen LogP contribution in [0.25, 0.3) is 10.9 Å². The van der Waals surface area contributed by atoms with Crippen molar-refractivity contribution in [1.82, 2.24) is 14.7 Å². The van der Waals surface area contributed by atoms with E-state index in [-0.39, 0.29) is 6.09 Å². The molecule has 1 amide bonds. The number of anilines is 1. The third-order valence-electron chi connectivity index (χ3n) is 3.54. The second-order valence-corrected chi connectivity index (χ2v) is 6.87. The van der Waals surface area contributed by atoms with Crippen LogP contribution in [0.1, 0.15) is 26.5 Å². The average Bonchev–Trinajstić information content (AvgIpc) is 2.74. The maximum Gasteiger partial charge on any atom is 0.410 e. The first kappa shape index (κ1) is 15.0. The number of carbonyl (C=O) groups excluding carboxylic acids is 1. The zero-order chi connectivity index (χ0) is 16.1. The van der Waals surface area contributed by atoms with Gasteiger partial charge >= 0.3 is 6.09 Å². The molecule has 1 aromatic heterocycles. The van der Waals surface area contributed by atoms with Crippen molar-refractivity contribution < 1.29 is 9.53 Å². The van der Waals surface area contributed by atoms with Crippen molar-refractivity contribution in [3.8, 4) is 0 Å². The van der Waals surface area contributed by atoms with E-state index in [9.17, 15) is 4.79 Å². The van der Waals surface area contributed by atoms with Gasteiger partial charge in [-0.05, 0) is 32.9 Å². The topological polar surface area (TPSA) is 73.4 Å². The minimum absolute atomic E-state index is 0.310. The molecule has 0 saturated carbocycles. The van der Waals surface area contributed by atoms with Gasteiger partial charge in [0, 0.05) is 11.9 Å². The Labute approximate surface area is 133 Å². The van der Waals surface area contributed by atoms with Crippen molar-refractivity contribution >= 4 is 34.3 Å². The van der Waals surface area contributed by atoms with Crippen LogP contribution in [0.4, 0.5) is 10.5 Å². The molecule has 6 nitrogen and oxygen atoms in total. The van der Waals surface area contributed by atoms with Gasteiger partial charge in [0.25, 0.3) is 0 Å². The van der Waals surface area contributed by atoms with Gasteiger partial charge < -0.3 is 15.4 Å². The number of hydrogen-bond acceptors (Lipinski definition) is 4. The van der Waals surface area contributed by atoms with Crippen LogP contribution in [0.15, 0.2) is 12.1 Å². The summed E-state index contributed by atoms with van der Waals surface area (Å²) in [6.45, 7) is 7.22. The minimum Gasteiger partial charge on any atom is -0.444 e. The van der Waals surface area contributed by atoms with E-state index >= 15 is 0 Å². The van der Waals surface area contributed by atoms with E-state index in [4.69, 9.17) is 22.1 Å². The molecule has 1 aliphatic rings. The van der Waals surface area contributed by atoms with Gasteiger partial charge in [-0.1, -0.05) is 11.6 Å². The molecule has 1 aliphatic heterocycles. The quantitative estimate of drug-likeness (QED) is 0.757. The molecule has 0 unspecified atom stereocenters. The number of fused-ring (bicyclic) bond motifs is 3. The number of aromatic nitrogens is 2. The van der Waals surface area contributed by atoms with Crippen LogP contribution < -0.4 is 5.73 Å². The maximum atomic E-state index is 12.2. The summed E-state index contributed by atoms with van der Waals surface area (Å²) in [4.78, 5) is 13.9. The second kappa shape index (κ2) is 5.05. The highest BCUT2D eigenvalue weighted by molar-refractivity contribution is 6.33. The monoisotopic (exact) mass is 322 g/mol. The highest BCUT2D eigenvalue weighted by Gasteiger charge is 2.27. The molecule has 0 atom stereocenters. The molecule has 2 heterocycles. The lowest BCUT2D eigenvalue weighted by Gasteiger charge is -2.30. The summed E-state index contributed by atoms with van der Waals surface area (Å²) in [7, 11) is 0. The number of benzene rings is 1. The normalized spacial score (nSPS) is 15.0. The van der Waals surface area contributed by atoms with Gasteiger partial charge in [-0.3, -0.25) is 4.68 Å². The number of rotatable bonds is 0. The molecule has 3 rings (SSSR count). The summed E-state index contributed by atoms with van der Waals surface area (Å²) in [6, 6.07) is 3.57.